The van der Waals surface area contributed by atoms with Gasteiger partial charge in [0, 0.05) is 44.8 Å². The SMILES string of the molecule is Cc1cc2nc3c(=O)[nH]c(=O)nc-3n(C[C@H](O)C[C@H](O)CO)c2cc1N1CCN(CCO)CC1. The van der Waals surface area contributed by atoms with Crippen LogP contribution in [0.25, 0.3) is 22.6 Å². The second-order valence-corrected chi connectivity index (χ2v) is 8.67. The molecule has 0 aliphatic carbocycles. The van der Waals surface area contributed by atoms with Crippen LogP contribution in [0.5, 0.6) is 0 Å². The third kappa shape index (κ3) is 4.95. The maximum Gasteiger partial charge on any atom is 0.349 e. The number of aryl methyl sites for hydroxylation is 1. The molecule has 12 heteroatoms. The molecule has 3 heterocycles. The molecule has 0 unspecified atom stereocenters. The number of nitrogens with one attached hydrogen (secondary N) is 1. The van der Waals surface area contributed by atoms with Gasteiger partial charge < -0.3 is 29.9 Å². The summed E-state index contributed by atoms with van der Waals surface area (Å²) in [5, 5.41) is 38.7. The molecule has 0 spiro atoms. The Morgan fingerprint density at radius 3 is 2.47 bits per heavy atom. The van der Waals surface area contributed by atoms with Crippen LogP contribution in [0.15, 0.2) is 21.7 Å². The van der Waals surface area contributed by atoms with Crippen molar-refractivity contribution in [3.63, 3.8) is 0 Å². The second kappa shape index (κ2) is 10.2. The number of benzene rings is 1. The number of hydrogen-bond donors (Lipinski definition) is 5. The zero-order chi connectivity index (χ0) is 24.4. The van der Waals surface area contributed by atoms with E-state index in [2.05, 4.69) is 24.8 Å². The smallest absolute Gasteiger partial charge is 0.349 e. The van der Waals surface area contributed by atoms with Crippen molar-refractivity contribution in [2.75, 3.05) is 50.8 Å². The number of β-amino-alcohol motifs (C(OH)–C–C–N with tert-alkyl or cyclic N) is 1. The number of piperazine rings is 1. The molecule has 34 heavy (non-hydrogen) atoms. The van der Waals surface area contributed by atoms with E-state index >= 15 is 0 Å². The summed E-state index contributed by atoms with van der Waals surface area (Å²) in [7, 11) is 0. The van der Waals surface area contributed by atoms with Crippen LogP contribution in [0.2, 0.25) is 0 Å². The molecule has 1 saturated heterocycles. The molecular weight excluding hydrogens is 444 g/mol. The Morgan fingerprint density at radius 1 is 1.06 bits per heavy atom. The van der Waals surface area contributed by atoms with Crippen LogP contribution >= 0.6 is 0 Å². The lowest BCUT2D eigenvalue weighted by Gasteiger charge is -2.36. The minimum absolute atomic E-state index is 0.0215. The molecule has 4 rings (SSSR count). The highest BCUT2D eigenvalue weighted by Gasteiger charge is 2.24. The lowest BCUT2D eigenvalue weighted by atomic mass is 10.1. The zero-order valence-electron chi connectivity index (χ0n) is 19.0. The van der Waals surface area contributed by atoms with Crippen LogP contribution < -0.4 is 16.1 Å². The Balaban J connectivity index is 1.82. The molecule has 3 aliphatic heterocycles. The van der Waals surface area contributed by atoms with Gasteiger partial charge in [-0.3, -0.25) is 14.7 Å². The van der Waals surface area contributed by atoms with Gasteiger partial charge >= 0.3 is 5.69 Å². The van der Waals surface area contributed by atoms with Crippen LogP contribution in [0.4, 0.5) is 5.69 Å². The highest BCUT2D eigenvalue weighted by molar-refractivity contribution is 5.84. The minimum atomic E-state index is -1.10. The molecular formula is C22H30N6O6. The summed E-state index contributed by atoms with van der Waals surface area (Å²) >= 11 is 0. The normalized spacial score (nSPS) is 16.9. The van der Waals surface area contributed by atoms with Crippen molar-refractivity contribution in [3.8, 4) is 11.5 Å². The first-order chi connectivity index (χ1) is 16.3. The van der Waals surface area contributed by atoms with E-state index in [1.807, 2.05) is 19.1 Å². The Hall–Kier alpha value is -2.90. The monoisotopic (exact) mass is 474 g/mol. The second-order valence-electron chi connectivity index (χ2n) is 8.67. The number of rotatable bonds is 8. The molecule has 1 fully saturated rings. The van der Waals surface area contributed by atoms with E-state index in [1.165, 1.54) is 0 Å². The van der Waals surface area contributed by atoms with Gasteiger partial charge in [-0.05, 0) is 24.6 Å². The third-order valence-corrected chi connectivity index (χ3v) is 6.20. The molecule has 0 radical (unpaired) electrons. The predicted molar refractivity (Wildman–Crippen MR) is 125 cm³/mol. The van der Waals surface area contributed by atoms with E-state index in [9.17, 15) is 24.9 Å². The van der Waals surface area contributed by atoms with Crippen molar-refractivity contribution in [1.82, 2.24) is 24.4 Å². The summed E-state index contributed by atoms with van der Waals surface area (Å²) in [4.78, 5) is 39.4. The van der Waals surface area contributed by atoms with Gasteiger partial charge in [0.05, 0.1) is 43.0 Å². The highest BCUT2D eigenvalue weighted by Crippen LogP contribution is 2.30. The summed E-state index contributed by atoms with van der Waals surface area (Å²) in [5.74, 6) is 0.0429. The fourth-order valence-corrected chi connectivity index (χ4v) is 4.49. The first-order valence-corrected chi connectivity index (χ1v) is 11.3. The quantitative estimate of drug-likeness (QED) is 0.233. The molecule has 0 bridgehead atoms. The molecule has 1 aromatic carbocycles. The number of nitrogens with zero attached hydrogens (tertiary/aromatic N) is 5. The van der Waals surface area contributed by atoms with Gasteiger partial charge in [-0.1, -0.05) is 0 Å². The van der Waals surface area contributed by atoms with Crippen molar-refractivity contribution in [2.24, 2.45) is 0 Å². The maximum absolute atomic E-state index is 12.5. The van der Waals surface area contributed by atoms with Crippen molar-refractivity contribution in [3.05, 3.63) is 38.5 Å². The van der Waals surface area contributed by atoms with Gasteiger partial charge in [0.25, 0.3) is 5.56 Å². The molecule has 1 aromatic rings. The first kappa shape index (κ1) is 24.2. The van der Waals surface area contributed by atoms with Crippen LogP contribution in [0.1, 0.15) is 12.0 Å². The average Bonchev–Trinajstić information content (AvgIpc) is 2.80. The van der Waals surface area contributed by atoms with Crippen LogP contribution in [-0.2, 0) is 6.54 Å². The van der Waals surface area contributed by atoms with Gasteiger partial charge in [0.2, 0.25) is 0 Å². The lowest BCUT2D eigenvalue weighted by molar-refractivity contribution is 0.0362. The van der Waals surface area contributed by atoms with Crippen molar-refractivity contribution in [2.45, 2.75) is 32.1 Å². The van der Waals surface area contributed by atoms with Gasteiger partial charge in [-0.25, -0.2) is 9.78 Å². The largest absolute Gasteiger partial charge is 0.395 e. The molecule has 0 amide bonds. The Kier molecular flexibility index (Phi) is 7.24. The number of fused-ring (bicyclic) bond motifs is 2. The van der Waals surface area contributed by atoms with E-state index in [0.717, 1.165) is 37.4 Å². The number of anilines is 1. The standard InChI is InChI=1S/C22H30N6O6/c1-13-8-16-18(10-17(13)27-4-2-26(3-5-27)6-7-29)28(11-14(31)9-15(32)12-30)20-19(23-16)21(33)25-22(34)24-20/h8,10,14-15,29-32H,2-7,9,11-12H2,1H3,(H,25,33,34)/t14-,15+/m1/s1. The van der Waals surface area contributed by atoms with E-state index in [1.54, 1.807) is 4.57 Å². The van der Waals surface area contributed by atoms with E-state index in [4.69, 9.17) is 5.11 Å². The molecule has 5 N–H and O–H groups in total. The third-order valence-electron chi connectivity index (χ3n) is 6.20. The van der Waals surface area contributed by atoms with Crippen LogP contribution in [0.3, 0.4) is 0 Å². The van der Waals surface area contributed by atoms with Crippen LogP contribution in [-0.4, -0.2) is 103 Å². The van der Waals surface area contributed by atoms with Crippen molar-refractivity contribution in [1.29, 1.82) is 0 Å². The molecule has 3 aliphatic rings. The van der Waals surface area contributed by atoms with Gasteiger partial charge in [0.15, 0.2) is 11.5 Å². The topological polar surface area (TPSA) is 168 Å². The first-order valence-electron chi connectivity index (χ1n) is 11.3. The molecule has 0 saturated carbocycles. The van der Waals surface area contributed by atoms with E-state index < -0.39 is 30.1 Å². The lowest BCUT2D eigenvalue weighted by Crippen LogP contribution is -2.47. The molecule has 2 atom stereocenters. The Labute approximate surface area is 195 Å². The van der Waals surface area contributed by atoms with E-state index in [0.29, 0.717) is 17.6 Å². The molecule has 0 aromatic heterocycles. The number of hydrogen-bond acceptors (Lipinski definition) is 10. The van der Waals surface area contributed by atoms with Crippen molar-refractivity contribution < 1.29 is 20.4 Å². The molecule has 184 valence electrons. The predicted octanol–water partition coefficient (Wildman–Crippen LogP) is -1.89. The molecule has 12 nitrogen and oxygen atoms in total. The maximum atomic E-state index is 12.5. The fourth-order valence-electron chi connectivity index (χ4n) is 4.49. The van der Waals surface area contributed by atoms with Crippen molar-refractivity contribution >= 4 is 16.7 Å². The fraction of sp³-hybridized carbons (Fsp3) is 0.545. The summed E-state index contributed by atoms with van der Waals surface area (Å²) in [6.45, 7) is 5.31. The van der Waals surface area contributed by atoms with E-state index in [-0.39, 0.29) is 31.1 Å². The number of aromatic nitrogens is 4. The summed E-state index contributed by atoms with van der Waals surface area (Å²) in [6, 6.07) is 3.78. The van der Waals surface area contributed by atoms with Crippen LogP contribution in [0, 0.1) is 6.92 Å². The van der Waals surface area contributed by atoms with Gasteiger partial charge in [-0.15, -0.1) is 0 Å². The summed E-state index contributed by atoms with van der Waals surface area (Å²) in [5.41, 5.74) is 1.51. The Bertz CT molecular complexity index is 1230. The Morgan fingerprint density at radius 2 is 1.79 bits per heavy atom. The van der Waals surface area contributed by atoms with Gasteiger partial charge in [0.1, 0.15) is 0 Å². The van der Waals surface area contributed by atoms with Gasteiger partial charge in [-0.2, -0.15) is 4.98 Å². The average molecular weight is 475 g/mol. The number of aromatic amines is 1. The highest BCUT2D eigenvalue weighted by atomic mass is 16.3. The number of aliphatic hydroxyl groups excluding tert-OH is 4. The zero-order valence-corrected chi connectivity index (χ0v) is 19.0. The number of aliphatic hydroxyl groups is 4. The number of H-pyrrole nitrogens is 1. The minimum Gasteiger partial charge on any atom is -0.395 e. The summed E-state index contributed by atoms with van der Waals surface area (Å²) < 4.78 is 1.58. The summed E-state index contributed by atoms with van der Waals surface area (Å²) in [6.07, 6.45) is -2.26.